The average Bonchev–Trinajstić information content (AvgIpc) is 2.67. The van der Waals surface area contributed by atoms with Crippen LogP contribution in [0.5, 0.6) is 0 Å². The molecule has 29 heavy (non-hydrogen) atoms. The average molecular weight is 426 g/mol. The van der Waals surface area contributed by atoms with Gasteiger partial charge in [0.15, 0.2) is 0 Å². The van der Waals surface area contributed by atoms with Crippen molar-refractivity contribution in [1.82, 2.24) is 15.3 Å². The highest BCUT2D eigenvalue weighted by molar-refractivity contribution is 7.99. The molecule has 0 radical (unpaired) electrons. The predicted molar refractivity (Wildman–Crippen MR) is 120 cm³/mol. The molecule has 164 valence electrons. The minimum absolute atomic E-state index is 0.137. The molecule has 0 saturated heterocycles. The van der Waals surface area contributed by atoms with Crippen LogP contribution < -0.4 is 16.6 Å². The van der Waals surface area contributed by atoms with Gasteiger partial charge in [0.2, 0.25) is 5.91 Å². The van der Waals surface area contributed by atoms with Crippen LogP contribution in [0.3, 0.4) is 0 Å². The molecule has 0 aliphatic carbocycles. The lowest BCUT2D eigenvalue weighted by atomic mass is 10.1. The Morgan fingerprint density at radius 1 is 1.10 bits per heavy atom. The van der Waals surface area contributed by atoms with E-state index in [9.17, 15) is 19.5 Å². The number of aromatic nitrogens is 2. The quantitative estimate of drug-likeness (QED) is 0.255. The van der Waals surface area contributed by atoms with Gasteiger partial charge < -0.3 is 15.4 Å². The fourth-order valence-corrected chi connectivity index (χ4v) is 3.97. The lowest BCUT2D eigenvalue weighted by Gasteiger charge is -2.14. The molecule has 4 N–H and O–H groups in total. The first-order valence-corrected chi connectivity index (χ1v) is 11.6. The largest absolute Gasteiger partial charge is 0.394 e. The summed E-state index contributed by atoms with van der Waals surface area (Å²) in [6.45, 7) is 3.68. The van der Waals surface area contributed by atoms with Crippen LogP contribution in [0, 0.1) is 6.92 Å². The summed E-state index contributed by atoms with van der Waals surface area (Å²) >= 11 is 1.73. The van der Waals surface area contributed by atoms with Crippen molar-refractivity contribution in [2.75, 3.05) is 18.1 Å². The molecule has 1 aromatic rings. The number of amides is 1. The molecule has 0 spiro atoms. The van der Waals surface area contributed by atoms with E-state index in [4.69, 9.17) is 0 Å². The van der Waals surface area contributed by atoms with Gasteiger partial charge in [0.25, 0.3) is 5.56 Å². The highest BCUT2D eigenvalue weighted by Crippen LogP contribution is 2.12. The first kappa shape index (κ1) is 25.2. The van der Waals surface area contributed by atoms with Crippen LogP contribution in [0.4, 0.5) is 0 Å². The standard InChI is InChI=1S/C21H35N3O4S/c1-3-4-5-6-7-8-9-10-13-29-15-17(14-25)23-19(26)12-11-18-16(2)22-21(28)24-20(18)27/h11-12,17,25H,3-10,13-15H2,1-2H3,(H,23,26)(H2,22,24,27,28)/b12-11+/t17-/m1/s1. The molecule has 1 amide bonds. The predicted octanol–water partition coefficient (Wildman–Crippen LogP) is 2.74. The molecule has 1 atom stereocenters. The summed E-state index contributed by atoms with van der Waals surface area (Å²) in [4.78, 5) is 39.6. The Bertz CT molecular complexity index is 742. The second-order valence-electron chi connectivity index (χ2n) is 7.22. The molecule has 0 aliphatic heterocycles. The summed E-state index contributed by atoms with van der Waals surface area (Å²) in [5.74, 6) is 1.27. The number of aryl methyl sites for hydroxylation is 1. The molecule has 8 heteroatoms. The molecule has 1 rings (SSSR count). The van der Waals surface area contributed by atoms with Crippen molar-refractivity contribution in [3.8, 4) is 0 Å². The van der Waals surface area contributed by atoms with E-state index in [2.05, 4.69) is 22.2 Å². The summed E-state index contributed by atoms with van der Waals surface area (Å²) in [5.41, 5.74) is -0.510. The van der Waals surface area contributed by atoms with Crippen LogP contribution in [0.15, 0.2) is 15.7 Å². The number of H-pyrrole nitrogens is 2. The number of thioether (sulfide) groups is 1. The van der Waals surface area contributed by atoms with Gasteiger partial charge in [0, 0.05) is 17.5 Å². The highest BCUT2D eigenvalue weighted by Gasteiger charge is 2.10. The normalized spacial score (nSPS) is 12.4. The highest BCUT2D eigenvalue weighted by atomic mass is 32.2. The van der Waals surface area contributed by atoms with E-state index in [1.807, 2.05) is 0 Å². The van der Waals surface area contributed by atoms with Crippen molar-refractivity contribution in [1.29, 1.82) is 0 Å². The third kappa shape index (κ3) is 11.1. The molecule has 1 aromatic heterocycles. The number of aromatic amines is 2. The SMILES string of the molecule is CCCCCCCCCCSC[C@@H](CO)NC(=O)/C=C/c1c(C)[nH]c(=O)[nH]c1=O. The second kappa shape index (κ2) is 15.1. The fourth-order valence-electron chi connectivity index (χ4n) is 2.92. The fraction of sp³-hybridized carbons (Fsp3) is 0.667. The van der Waals surface area contributed by atoms with Crippen molar-refractivity contribution in [3.63, 3.8) is 0 Å². The number of nitrogens with one attached hydrogen (secondary N) is 3. The molecule has 0 saturated carbocycles. The van der Waals surface area contributed by atoms with Crippen LogP contribution in [-0.2, 0) is 4.79 Å². The Morgan fingerprint density at radius 3 is 2.38 bits per heavy atom. The summed E-state index contributed by atoms with van der Waals surface area (Å²) in [6.07, 6.45) is 12.8. The van der Waals surface area contributed by atoms with Crippen LogP contribution in [0.1, 0.15) is 69.5 Å². The molecule has 0 unspecified atom stereocenters. The number of hydrogen-bond acceptors (Lipinski definition) is 5. The van der Waals surface area contributed by atoms with Crippen LogP contribution >= 0.6 is 11.8 Å². The van der Waals surface area contributed by atoms with Gasteiger partial charge in [-0.3, -0.25) is 14.6 Å². The molecule has 1 heterocycles. The van der Waals surface area contributed by atoms with Gasteiger partial charge in [0.1, 0.15) is 0 Å². The zero-order valence-corrected chi connectivity index (χ0v) is 18.4. The maximum absolute atomic E-state index is 12.1. The Hall–Kier alpha value is -1.80. The third-order valence-electron chi connectivity index (χ3n) is 4.61. The van der Waals surface area contributed by atoms with Crippen molar-refractivity contribution in [2.45, 2.75) is 71.3 Å². The molecular formula is C21H35N3O4S. The first-order chi connectivity index (χ1) is 14.0. The third-order valence-corrected chi connectivity index (χ3v) is 5.82. The van der Waals surface area contributed by atoms with E-state index < -0.39 is 11.2 Å². The molecule has 0 bridgehead atoms. The van der Waals surface area contributed by atoms with Gasteiger partial charge in [-0.15, -0.1) is 0 Å². The second-order valence-corrected chi connectivity index (χ2v) is 8.37. The molecule has 0 fully saturated rings. The number of hydrogen-bond donors (Lipinski definition) is 4. The van der Waals surface area contributed by atoms with E-state index in [0.29, 0.717) is 11.4 Å². The van der Waals surface area contributed by atoms with Crippen LogP contribution in [-0.4, -0.2) is 45.1 Å². The summed E-state index contributed by atoms with van der Waals surface area (Å²) in [6, 6.07) is -0.332. The van der Waals surface area contributed by atoms with Gasteiger partial charge in [0.05, 0.1) is 18.2 Å². The van der Waals surface area contributed by atoms with Crippen molar-refractivity contribution in [2.24, 2.45) is 0 Å². The summed E-state index contributed by atoms with van der Waals surface area (Å²) in [7, 11) is 0. The molecule has 0 aliphatic rings. The van der Waals surface area contributed by atoms with Gasteiger partial charge in [-0.25, -0.2) is 4.79 Å². The van der Waals surface area contributed by atoms with Crippen molar-refractivity contribution in [3.05, 3.63) is 38.2 Å². The van der Waals surface area contributed by atoms with Crippen molar-refractivity contribution >= 4 is 23.7 Å². The molecular weight excluding hydrogens is 390 g/mol. The van der Waals surface area contributed by atoms with E-state index in [1.165, 1.54) is 57.1 Å². The Balaban J connectivity index is 2.27. The zero-order chi connectivity index (χ0) is 21.5. The van der Waals surface area contributed by atoms with Crippen LogP contribution in [0.2, 0.25) is 0 Å². The van der Waals surface area contributed by atoms with Crippen LogP contribution in [0.25, 0.3) is 6.08 Å². The van der Waals surface area contributed by atoms with Gasteiger partial charge in [-0.05, 0) is 25.2 Å². The minimum atomic E-state index is -0.581. The maximum Gasteiger partial charge on any atom is 0.325 e. The first-order valence-electron chi connectivity index (χ1n) is 10.5. The number of aliphatic hydroxyl groups excluding tert-OH is 1. The summed E-state index contributed by atoms with van der Waals surface area (Å²) in [5, 5.41) is 12.2. The number of rotatable bonds is 15. The topological polar surface area (TPSA) is 115 Å². The number of aliphatic hydroxyl groups is 1. The Labute approximate surface area is 176 Å². The molecule has 7 nitrogen and oxygen atoms in total. The van der Waals surface area contributed by atoms with E-state index in [1.54, 1.807) is 18.7 Å². The van der Waals surface area contributed by atoms with Gasteiger partial charge in [-0.1, -0.05) is 51.9 Å². The van der Waals surface area contributed by atoms with E-state index >= 15 is 0 Å². The molecule has 0 aromatic carbocycles. The number of unbranched alkanes of at least 4 members (excludes halogenated alkanes) is 7. The van der Waals surface area contributed by atoms with E-state index in [0.717, 1.165) is 12.2 Å². The van der Waals surface area contributed by atoms with E-state index in [-0.39, 0.29) is 24.1 Å². The lowest BCUT2D eigenvalue weighted by Crippen LogP contribution is -2.38. The van der Waals surface area contributed by atoms with Gasteiger partial charge >= 0.3 is 5.69 Å². The number of carbonyl (C=O) groups excluding carboxylic acids is 1. The Morgan fingerprint density at radius 2 is 1.76 bits per heavy atom. The monoisotopic (exact) mass is 425 g/mol. The maximum atomic E-state index is 12.1. The Kier molecular flexibility index (Phi) is 13.1. The minimum Gasteiger partial charge on any atom is -0.394 e. The van der Waals surface area contributed by atoms with Crippen molar-refractivity contribution < 1.29 is 9.90 Å². The number of carbonyl (C=O) groups is 1. The smallest absolute Gasteiger partial charge is 0.325 e. The van der Waals surface area contributed by atoms with Gasteiger partial charge in [-0.2, -0.15) is 11.8 Å². The lowest BCUT2D eigenvalue weighted by molar-refractivity contribution is -0.117. The summed E-state index contributed by atoms with van der Waals surface area (Å²) < 4.78 is 0. The zero-order valence-electron chi connectivity index (χ0n) is 17.6.